The first-order valence-corrected chi connectivity index (χ1v) is 9.47. The van der Waals surface area contributed by atoms with Crippen molar-refractivity contribution in [3.05, 3.63) is 100 Å². The van der Waals surface area contributed by atoms with Crippen LogP contribution in [0.5, 0.6) is 0 Å². The van der Waals surface area contributed by atoms with Gasteiger partial charge in [0.25, 0.3) is 0 Å². The van der Waals surface area contributed by atoms with Gasteiger partial charge in [-0.3, -0.25) is 4.90 Å². The molecule has 1 aromatic carbocycles. The van der Waals surface area contributed by atoms with Crippen LogP contribution < -0.4 is 0 Å². The van der Waals surface area contributed by atoms with Crippen LogP contribution in [0.15, 0.2) is 81.3 Å². The van der Waals surface area contributed by atoms with E-state index in [2.05, 4.69) is 34.5 Å². The third-order valence-electron chi connectivity index (χ3n) is 4.10. The average molecular weight is 364 g/mol. The van der Waals surface area contributed by atoms with E-state index in [9.17, 15) is 0 Å². The van der Waals surface area contributed by atoms with Crippen molar-refractivity contribution in [2.24, 2.45) is 0 Å². The summed E-state index contributed by atoms with van der Waals surface area (Å²) in [5.74, 6) is 1.88. The Kier molecular flexibility index (Phi) is 5.28. The number of aromatic nitrogens is 1. The molecule has 0 aliphatic heterocycles. The van der Waals surface area contributed by atoms with Gasteiger partial charge in [-0.2, -0.15) is 0 Å². The highest BCUT2D eigenvalue weighted by molar-refractivity contribution is 7.09. The first-order chi connectivity index (χ1) is 12.8. The molecule has 4 rings (SSSR count). The molecule has 0 atom stereocenters. The van der Waals surface area contributed by atoms with Crippen molar-refractivity contribution in [3.63, 3.8) is 0 Å². The van der Waals surface area contributed by atoms with E-state index in [4.69, 9.17) is 13.8 Å². The van der Waals surface area contributed by atoms with Crippen LogP contribution in [0.4, 0.5) is 0 Å². The summed E-state index contributed by atoms with van der Waals surface area (Å²) < 4.78 is 11.0. The number of rotatable bonds is 8. The van der Waals surface area contributed by atoms with E-state index >= 15 is 0 Å². The SMILES string of the molecule is c1ccc(Cc2nc(CN(Cc3ccco3)Cc3ccco3)cs2)cc1. The second kappa shape index (κ2) is 8.17. The number of hydrogen-bond donors (Lipinski definition) is 0. The molecule has 4 aromatic rings. The molecule has 0 radical (unpaired) electrons. The molecule has 0 saturated heterocycles. The summed E-state index contributed by atoms with van der Waals surface area (Å²) >= 11 is 1.72. The maximum atomic E-state index is 5.52. The first kappa shape index (κ1) is 16.8. The Hall–Kier alpha value is -2.63. The molecule has 0 aliphatic rings. The zero-order valence-electron chi connectivity index (χ0n) is 14.4. The summed E-state index contributed by atoms with van der Waals surface area (Å²) in [5.41, 5.74) is 2.37. The van der Waals surface area contributed by atoms with Crippen molar-refractivity contribution in [3.8, 4) is 0 Å². The van der Waals surface area contributed by atoms with E-state index in [1.54, 1.807) is 23.9 Å². The molecule has 0 spiro atoms. The number of nitrogens with zero attached hydrogens (tertiary/aromatic N) is 2. The minimum absolute atomic E-state index is 0.721. The fraction of sp³-hybridized carbons (Fsp3) is 0.190. The van der Waals surface area contributed by atoms with Gasteiger partial charge in [-0.05, 0) is 29.8 Å². The average Bonchev–Trinajstić information content (AvgIpc) is 3.40. The summed E-state index contributed by atoms with van der Waals surface area (Å²) in [7, 11) is 0. The molecule has 0 bridgehead atoms. The summed E-state index contributed by atoms with van der Waals surface area (Å²) in [5, 5.41) is 3.29. The number of hydrogen-bond acceptors (Lipinski definition) is 5. The minimum atomic E-state index is 0.721. The van der Waals surface area contributed by atoms with Gasteiger partial charge >= 0.3 is 0 Å². The Bertz CT molecular complexity index is 863. The molecule has 5 heteroatoms. The summed E-state index contributed by atoms with van der Waals surface area (Å²) in [6, 6.07) is 18.3. The summed E-state index contributed by atoms with van der Waals surface area (Å²) in [6.07, 6.45) is 4.30. The molecule has 26 heavy (non-hydrogen) atoms. The minimum Gasteiger partial charge on any atom is -0.468 e. The molecule has 132 valence electrons. The molecule has 0 amide bonds. The van der Waals surface area contributed by atoms with E-state index in [0.29, 0.717) is 0 Å². The lowest BCUT2D eigenvalue weighted by Gasteiger charge is -2.18. The Balaban J connectivity index is 1.44. The van der Waals surface area contributed by atoms with Crippen LogP contribution in [0.1, 0.15) is 27.8 Å². The van der Waals surface area contributed by atoms with Gasteiger partial charge in [-0.1, -0.05) is 30.3 Å². The Morgan fingerprint density at radius 2 is 1.50 bits per heavy atom. The van der Waals surface area contributed by atoms with E-state index in [-0.39, 0.29) is 0 Å². The monoisotopic (exact) mass is 364 g/mol. The zero-order valence-corrected chi connectivity index (χ0v) is 15.2. The topological polar surface area (TPSA) is 42.4 Å². The van der Waals surface area contributed by atoms with Crippen LogP contribution in [-0.2, 0) is 26.1 Å². The molecule has 0 saturated carbocycles. The Morgan fingerprint density at radius 3 is 2.12 bits per heavy atom. The lowest BCUT2D eigenvalue weighted by Crippen LogP contribution is -2.22. The maximum Gasteiger partial charge on any atom is 0.117 e. The fourth-order valence-electron chi connectivity index (χ4n) is 2.92. The quantitative estimate of drug-likeness (QED) is 0.435. The van der Waals surface area contributed by atoms with Gasteiger partial charge in [-0.25, -0.2) is 4.98 Å². The van der Waals surface area contributed by atoms with Gasteiger partial charge < -0.3 is 8.83 Å². The van der Waals surface area contributed by atoms with E-state index in [1.807, 2.05) is 30.3 Å². The molecular formula is C21H20N2O2S. The van der Waals surface area contributed by atoms with Gasteiger partial charge in [0.1, 0.15) is 11.5 Å². The van der Waals surface area contributed by atoms with Crippen LogP contribution in [0, 0.1) is 0 Å². The normalized spacial score (nSPS) is 11.3. The largest absolute Gasteiger partial charge is 0.468 e. The Labute approximate surface area is 156 Å². The van der Waals surface area contributed by atoms with Crippen molar-refractivity contribution < 1.29 is 8.83 Å². The molecule has 4 nitrogen and oxygen atoms in total. The van der Waals surface area contributed by atoms with E-state index in [0.717, 1.165) is 48.3 Å². The molecular weight excluding hydrogens is 344 g/mol. The van der Waals surface area contributed by atoms with Crippen molar-refractivity contribution in [2.45, 2.75) is 26.1 Å². The lowest BCUT2D eigenvalue weighted by molar-refractivity contribution is 0.207. The van der Waals surface area contributed by atoms with Crippen molar-refractivity contribution in [1.82, 2.24) is 9.88 Å². The summed E-state index contributed by atoms with van der Waals surface area (Å²) in [6.45, 7) is 2.20. The van der Waals surface area contributed by atoms with Gasteiger partial charge in [0.05, 0.1) is 36.3 Å². The molecule has 3 aromatic heterocycles. The van der Waals surface area contributed by atoms with Crippen LogP contribution in [-0.4, -0.2) is 9.88 Å². The highest BCUT2D eigenvalue weighted by Crippen LogP contribution is 2.19. The van der Waals surface area contributed by atoms with Crippen molar-refractivity contribution >= 4 is 11.3 Å². The van der Waals surface area contributed by atoms with Crippen molar-refractivity contribution in [1.29, 1.82) is 0 Å². The lowest BCUT2D eigenvalue weighted by atomic mass is 10.2. The van der Waals surface area contributed by atoms with E-state index in [1.165, 1.54) is 5.56 Å². The molecule has 0 aliphatic carbocycles. The van der Waals surface area contributed by atoms with Gasteiger partial charge in [0, 0.05) is 18.3 Å². The fourth-order valence-corrected chi connectivity index (χ4v) is 3.74. The van der Waals surface area contributed by atoms with Crippen LogP contribution in [0.25, 0.3) is 0 Å². The maximum absolute atomic E-state index is 5.52. The predicted octanol–water partition coefficient (Wildman–Crippen LogP) is 5.12. The summed E-state index contributed by atoms with van der Waals surface area (Å²) in [4.78, 5) is 7.10. The van der Waals surface area contributed by atoms with Gasteiger partial charge in [-0.15, -0.1) is 11.3 Å². The standard InChI is InChI=1S/C21H20N2O2S/c1-2-6-17(7-3-1)12-21-22-18(16-26-21)13-23(14-19-8-4-10-24-19)15-20-9-5-11-25-20/h1-11,16H,12-15H2. The first-order valence-electron chi connectivity index (χ1n) is 8.59. The van der Waals surface area contributed by atoms with Crippen LogP contribution >= 0.6 is 11.3 Å². The third-order valence-corrected chi connectivity index (χ3v) is 5.00. The van der Waals surface area contributed by atoms with Crippen molar-refractivity contribution in [2.75, 3.05) is 0 Å². The predicted molar refractivity (Wildman–Crippen MR) is 102 cm³/mol. The number of furan rings is 2. The second-order valence-electron chi connectivity index (χ2n) is 6.20. The van der Waals surface area contributed by atoms with Crippen LogP contribution in [0.2, 0.25) is 0 Å². The molecule has 0 N–H and O–H groups in total. The third kappa shape index (κ3) is 4.50. The molecule has 0 fully saturated rings. The smallest absolute Gasteiger partial charge is 0.117 e. The number of benzene rings is 1. The molecule has 0 unspecified atom stereocenters. The molecule has 3 heterocycles. The van der Waals surface area contributed by atoms with E-state index < -0.39 is 0 Å². The number of thiazole rings is 1. The van der Waals surface area contributed by atoms with Gasteiger partial charge in [0.2, 0.25) is 0 Å². The highest BCUT2D eigenvalue weighted by Gasteiger charge is 2.13. The zero-order chi connectivity index (χ0) is 17.6. The Morgan fingerprint density at radius 1 is 0.808 bits per heavy atom. The highest BCUT2D eigenvalue weighted by atomic mass is 32.1. The van der Waals surface area contributed by atoms with Crippen LogP contribution in [0.3, 0.4) is 0 Å². The second-order valence-corrected chi connectivity index (χ2v) is 7.14. The van der Waals surface area contributed by atoms with Gasteiger partial charge in [0.15, 0.2) is 0 Å².